The predicted molar refractivity (Wildman–Crippen MR) is 69.8 cm³/mol. The van der Waals surface area contributed by atoms with Gasteiger partial charge in [-0.05, 0) is 42.7 Å². The molecule has 88 valence electrons. The van der Waals surface area contributed by atoms with Crippen LogP contribution in [0.25, 0.3) is 10.9 Å². The first-order chi connectivity index (χ1) is 8.34. The highest BCUT2D eigenvalue weighted by Gasteiger charge is 2.46. The molecule has 17 heavy (non-hydrogen) atoms. The molecule has 2 aliphatic carbocycles. The summed E-state index contributed by atoms with van der Waals surface area (Å²) in [5.74, 6) is 2.19. The summed E-state index contributed by atoms with van der Waals surface area (Å²) in [6, 6.07) is 8.96. The van der Waals surface area contributed by atoms with E-state index in [1.807, 2.05) is 0 Å². The number of nitrogens with two attached hydrogens (primary N) is 1. The summed E-state index contributed by atoms with van der Waals surface area (Å²) in [5, 5.41) is 1.38. The van der Waals surface area contributed by atoms with Crippen molar-refractivity contribution in [2.45, 2.75) is 31.2 Å². The molecule has 1 aromatic carbocycles. The zero-order valence-electron chi connectivity index (χ0n) is 9.89. The fraction of sp³-hybridized carbons (Fsp3) is 0.467. The van der Waals surface area contributed by atoms with E-state index < -0.39 is 0 Å². The van der Waals surface area contributed by atoms with Gasteiger partial charge in [-0.3, -0.25) is 0 Å². The van der Waals surface area contributed by atoms with Crippen LogP contribution in [0.5, 0.6) is 0 Å². The highest BCUT2D eigenvalue weighted by Crippen LogP contribution is 2.53. The summed E-state index contributed by atoms with van der Waals surface area (Å²) in [5.41, 5.74) is 9.14. The summed E-state index contributed by atoms with van der Waals surface area (Å²) >= 11 is 0. The maximum absolute atomic E-state index is 6.43. The van der Waals surface area contributed by atoms with Crippen LogP contribution in [0, 0.1) is 11.8 Å². The highest BCUT2D eigenvalue weighted by atomic mass is 14.8. The van der Waals surface area contributed by atoms with E-state index in [0.29, 0.717) is 12.0 Å². The van der Waals surface area contributed by atoms with E-state index in [0.717, 1.165) is 11.8 Å². The van der Waals surface area contributed by atoms with Gasteiger partial charge < -0.3 is 10.7 Å². The molecule has 0 unspecified atom stereocenters. The van der Waals surface area contributed by atoms with E-state index in [2.05, 4.69) is 35.4 Å². The number of aromatic nitrogens is 1. The number of fused-ring (bicyclic) bond motifs is 3. The first-order valence-electron chi connectivity index (χ1n) is 6.66. The number of rotatable bonds is 1. The van der Waals surface area contributed by atoms with Crippen LogP contribution < -0.4 is 5.73 Å². The molecule has 2 aliphatic rings. The van der Waals surface area contributed by atoms with Crippen LogP contribution in [0.4, 0.5) is 0 Å². The third-order valence-electron chi connectivity index (χ3n) is 4.96. The highest BCUT2D eigenvalue weighted by molar-refractivity contribution is 5.83. The van der Waals surface area contributed by atoms with E-state index in [-0.39, 0.29) is 0 Å². The van der Waals surface area contributed by atoms with Crippen molar-refractivity contribution in [2.24, 2.45) is 17.6 Å². The molecule has 2 bridgehead atoms. The van der Waals surface area contributed by atoms with Crippen LogP contribution in [-0.2, 0) is 0 Å². The number of para-hydroxylation sites is 1. The first kappa shape index (κ1) is 9.72. The normalized spacial score (nSPS) is 35.8. The average molecular weight is 226 g/mol. The van der Waals surface area contributed by atoms with Gasteiger partial charge in [-0.2, -0.15) is 0 Å². The molecule has 2 aromatic rings. The standard InChI is InChI=1S/C15H18N2/c16-15-10-6-5-9(7-10)14(15)12-8-17-13-4-2-1-3-11(12)13/h1-4,8-10,14-15,17H,5-7,16H2/t9-,10+,14-,15+/m0/s1. The monoisotopic (exact) mass is 226 g/mol. The maximum atomic E-state index is 6.43. The molecule has 0 saturated heterocycles. The minimum Gasteiger partial charge on any atom is -0.361 e. The molecule has 0 radical (unpaired) electrons. The van der Waals surface area contributed by atoms with E-state index in [1.54, 1.807) is 0 Å². The molecular formula is C15H18N2. The fourth-order valence-electron chi connectivity index (χ4n) is 4.17. The Morgan fingerprint density at radius 3 is 2.76 bits per heavy atom. The Morgan fingerprint density at radius 2 is 1.94 bits per heavy atom. The second kappa shape index (κ2) is 3.36. The zero-order chi connectivity index (χ0) is 11.4. The van der Waals surface area contributed by atoms with Gasteiger partial charge in [0.1, 0.15) is 0 Å². The second-order valence-electron chi connectivity index (χ2n) is 5.73. The van der Waals surface area contributed by atoms with Crippen LogP contribution >= 0.6 is 0 Å². The molecule has 0 amide bonds. The molecule has 2 nitrogen and oxygen atoms in total. The SMILES string of the molecule is N[C@@H]1[C@@H]2CC[C@@H](C2)[C@H]1c1c[nH]c2ccccc12. The van der Waals surface area contributed by atoms with Crippen molar-refractivity contribution in [3.05, 3.63) is 36.0 Å². The molecule has 3 N–H and O–H groups in total. The Hall–Kier alpha value is -1.28. The Kier molecular flexibility index (Phi) is 1.92. The van der Waals surface area contributed by atoms with Crippen molar-refractivity contribution < 1.29 is 0 Å². The molecule has 2 saturated carbocycles. The van der Waals surface area contributed by atoms with Crippen molar-refractivity contribution in [3.63, 3.8) is 0 Å². The third kappa shape index (κ3) is 1.25. The molecule has 2 fully saturated rings. The molecule has 1 heterocycles. The molecule has 1 aromatic heterocycles. The summed E-state index contributed by atoms with van der Waals surface area (Å²) in [7, 11) is 0. The lowest BCUT2D eigenvalue weighted by Crippen LogP contribution is -2.33. The lowest BCUT2D eigenvalue weighted by Gasteiger charge is -2.27. The lowest BCUT2D eigenvalue weighted by atomic mass is 9.80. The van der Waals surface area contributed by atoms with Crippen molar-refractivity contribution in [3.8, 4) is 0 Å². The van der Waals surface area contributed by atoms with Gasteiger partial charge in [-0.25, -0.2) is 0 Å². The van der Waals surface area contributed by atoms with Gasteiger partial charge in [0, 0.05) is 29.1 Å². The number of H-pyrrole nitrogens is 1. The number of nitrogens with one attached hydrogen (secondary N) is 1. The Balaban J connectivity index is 1.84. The number of aromatic amines is 1. The molecule has 4 rings (SSSR count). The topological polar surface area (TPSA) is 41.8 Å². The minimum atomic E-state index is 0.382. The van der Waals surface area contributed by atoms with Crippen molar-refractivity contribution in [1.29, 1.82) is 0 Å². The quantitative estimate of drug-likeness (QED) is 0.771. The van der Waals surface area contributed by atoms with Gasteiger partial charge >= 0.3 is 0 Å². The lowest BCUT2D eigenvalue weighted by molar-refractivity contribution is 0.367. The van der Waals surface area contributed by atoms with Crippen LogP contribution in [0.15, 0.2) is 30.5 Å². The first-order valence-corrected chi connectivity index (χ1v) is 6.66. The van der Waals surface area contributed by atoms with Gasteiger partial charge in [0.15, 0.2) is 0 Å². The van der Waals surface area contributed by atoms with Crippen LogP contribution in [0.2, 0.25) is 0 Å². The van der Waals surface area contributed by atoms with Crippen molar-refractivity contribution in [1.82, 2.24) is 4.98 Å². The third-order valence-corrected chi connectivity index (χ3v) is 4.96. The van der Waals surface area contributed by atoms with Gasteiger partial charge in [0.2, 0.25) is 0 Å². The molecule has 2 heteroatoms. The van der Waals surface area contributed by atoms with Gasteiger partial charge in [0.05, 0.1) is 0 Å². The molecule has 4 atom stereocenters. The summed E-state index contributed by atoms with van der Waals surface area (Å²) in [6.45, 7) is 0. The van der Waals surface area contributed by atoms with Gasteiger partial charge in [-0.15, -0.1) is 0 Å². The molecule has 0 spiro atoms. The van der Waals surface area contributed by atoms with E-state index >= 15 is 0 Å². The Bertz CT molecular complexity index is 555. The van der Waals surface area contributed by atoms with Crippen LogP contribution in [0.3, 0.4) is 0 Å². The fourth-order valence-corrected chi connectivity index (χ4v) is 4.17. The Morgan fingerprint density at radius 1 is 1.12 bits per heavy atom. The van der Waals surface area contributed by atoms with Crippen LogP contribution in [0.1, 0.15) is 30.7 Å². The largest absolute Gasteiger partial charge is 0.361 e. The zero-order valence-corrected chi connectivity index (χ0v) is 9.89. The van der Waals surface area contributed by atoms with Gasteiger partial charge in [-0.1, -0.05) is 18.2 Å². The van der Waals surface area contributed by atoms with E-state index in [4.69, 9.17) is 5.73 Å². The smallest absolute Gasteiger partial charge is 0.0456 e. The summed E-state index contributed by atoms with van der Waals surface area (Å²) in [4.78, 5) is 3.39. The van der Waals surface area contributed by atoms with Crippen molar-refractivity contribution in [2.75, 3.05) is 0 Å². The number of hydrogen-bond donors (Lipinski definition) is 2. The number of hydrogen-bond acceptors (Lipinski definition) is 1. The van der Waals surface area contributed by atoms with E-state index in [9.17, 15) is 0 Å². The predicted octanol–water partition coefficient (Wildman–Crippen LogP) is 3.01. The summed E-state index contributed by atoms with van der Waals surface area (Å²) < 4.78 is 0. The van der Waals surface area contributed by atoms with Crippen molar-refractivity contribution >= 4 is 10.9 Å². The molecular weight excluding hydrogens is 208 g/mol. The number of benzene rings is 1. The van der Waals surface area contributed by atoms with Gasteiger partial charge in [0.25, 0.3) is 0 Å². The Labute approximate surface area is 101 Å². The summed E-state index contributed by atoms with van der Waals surface area (Å²) in [6.07, 6.45) is 6.27. The second-order valence-corrected chi connectivity index (χ2v) is 5.73. The molecule has 0 aliphatic heterocycles. The van der Waals surface area contributed by atoms with E-state index in [1.165, 1.54) is 35.7 Å². The maximum Gasteiger partial charge on any atom is 0.0456 e. The minimum absolute atomic E-state index is 0.382. The average Bonchev–Trinajstić information content (AvgIpc) is 3.02. The van der Waals surface area contributed by atoms with Crippen LogP contribution in [-0.4, -0.2) is 11.0 Å².